The van der Waals surface area contributed by atoms with Crippen LogP contribution in [0.3, 0.4) is 0 Å². The number of carbonyl (C=O) groups is 1. The Balaban J connectivity index is 0.000000451. The minimum atomic E-state index is -5.08. The van der Waals surface area contributed by atoms with E-state index in [1.807, 2.05) is 23.6 Å². The Hall–Kier alpha value is -3.93. The van der Waals surface area contributed by atoms with Gasteiger partial charge in [0.25, 0.3) is 5.19 Å². The highest BCUT2D eigenvalue weighted by Crippen LogP contribution is 2.38. The van der Waals surface area contributed by atoms with E-state index in [0.29, 0.717) is 51.5 Å². The molecule has 0 bridgehead atoms. The van der Waals surface area contributed by atoms with Gasteiger partial charge in [-0.2, -0.15) is 13.2 Å². The Kier molecular flexibility index (Phi) is 8.27. The average Bonchev–Trinajstić information content (AvgIpc) is 3.74. The van der Waals surface area contributed by atoms with Crippen LogP contribution in [0.15, 0.2) is 34.2 Å². The van der Waals surface area contributed by atoms with E-state index in [0.717, 1.165) is 29.2 Å². The summed E-state index contributed by atoms with van der Waals surface area (Å²) < 4.78 is 56.3. The molecule has 224 valence electrons. The van der Waals surface area contributed by atoms with Gasteiger partial charge in [-0.3, -0.25) is 0 Å². The molecule has 0 amide bonds. The second-order valence-electron chi connectivity index (χ2n) is 9.09. The lowest BCUT2D eigenvalue weighted by molar-refractivity contribution is -0.192. The summed E-state index contributed by atoms with van der Waals surface area (Å²) >= 11 is 2.82. The van der Waals surface area contributed by atoms with Gasteiger partial charge in [-0.05, 0) is 43.3 Å². The predicted octanol–water partition coefficient (Wildman–Crippen LogP) is 4.46. The number of furan rings is 1. The molecular formula is C25H24F3N5O7S2. The molecule has 1 aromatic carbocycles. The zero-order valence-electron chi connectivity index (χ0n) is 22.1. The fourth-order valence-electron chi connectivity index (χ4n) is 4.12. The number of piperidine rings is 1. The van der Waals surface area contributed by atoms with Gasteiger partial charge in [0.15, 0.2) is 5.76 Å². The zero-order valence-corrected chi connectivity index (χ0v) is 23.7. The van der Waals surface area contributed by atoms with Crippen LogP contribution in [0.1, 0.15) is 23.5 Å². The molecule has 17 heteroatoms. The van der Waals surface area contributed by atoms with Gasteiger partial charge in [0, 0.05) is 17.5 Å². The topological polar surface area (TPSA) is 153 Å². The lowest BCUT2D eigenvalue weighted by Crippen LogP contribution is -2.39. The monoisotopic (exact) mass is 627 g/mol. The zero-order chi connectivity index (χ0) is 30.1. The molecule has 5 heterocycles. The van der Waals surface area contributed by atoms with Crippen molar-refractivity contribution >= 4 is 44.6 Å². The van der Waals surface area contributed by atoms with Gasteiger partial charge < -0.3 is 34.2 Å². The first-order valence-electron chi connectivity index (χ1n) is 12.3. The average molecular weight is 628 g/mol. The lowest BCUT2D eigenvalue weighted by atomic mass is 9.93. The second-order valence-corrected chi connectivity index (χ2v) is 10.9. The highest BCUT2D eigenvalue weighted by molar-refractivity contribution is 7.18. The number of aliphatic carboxylic acids is 1. The normalized spacial score (nSPS) is 14.9. The standard InChI is InChI=1S/C23H23N5O5S2.C2HF3O2/c1-30-14-7-17(32-11-13-12-34-20(25-13)23(29)3-5-24-6-4-23)15-9-19(33-18(15)8-14)16-10-28-21(26-16)35-22(27-28)31-2;3-2(4,5)1(6)7/h7-10,12,24,29H,3-6,11H2,1-2H3;(H,6,7). The Morgan fingerprint density at radius 3 is 2.57 bits per heavy atom. The number of carboxylic acids is 1. The minimum Gasteiger partial charge on any atom is -0.496 e. The van der Waals surface area contributed by atoms with Crippen molar-refractivity contribution < 1.29 is 46.8 Å². The van der Waals surface area contributed by atoms with Crippen LogP contribution in [-0.2, 0) is 17.0 Å². The van der Waals surface area contributed by atoms with E-state index in [-0.39, 0.29) is 6.61 Å². The Morgan fingerprint density at radius 2 is 1.93 bits per heavy atom. The molecule has 3 N–H and O–H groups in total. The van der Waals surface area contributed by atoms with E-state index in [4.69, 9.17) is 28.5 Å². The van der Waals surface area contributed by atoms with Crippen LogP contribution in [0.2, 0.25) is 0 Å². The number of aromatic nitrogens is 4. The predicted molar refractivity (Wildman–Crippen MR) is 145 cm³/mol. The Labute approximate surface area is 243 Å². The summed E-state index contributed by atoms with van der Waals surface area (Å²) in [5.41, 5.74) is 1.19. The molecule has 6 rings (SSSR count). The van der Waals surface area contributed by atoms with Crippen LogP contribution < -0.4 is 19.5 Å². The van der Waals surface area contributed by atoms with E-state index >= 15 is 0 Å². The molecule has 1 aliphatic heterocycles. The van der Waals surface area contributed by atoms with Crippen LogP contribution in [0.4, 0.5) is 13.2 Å². The number of nitrogens with one attached hydrogen (secondary N) is 1. The number of benzene rings is 1. The number of thiazole rings is 1. The first-order valence-corrected chi connectivity index (χ1v) is 14.0. The molecule has 5 aromatic rings. The van der Waals surface area contributed by atoms with Crippen molar-refractivity contribution in [3.63, 3.8) is 0 Å². The maximum Gasteiger partial charge on any atom is 0.490 e. The number of nitrogens with zero attached hydrogens (tertiary/aromatic N) is 4. The highest BCUT2D eigenvalue weighted by atomic mass is 32.1. The largest absolute Gasteiger partial charge is 0.496 e. The number of hydrogen-bond donors (Lipinski definition) is 3. The van der Waals surface area contributed by atoms with E-state index in [1.54, 1.807) is 24.9 Å². The second kappa shape index (κ2) is 11.7. The van der Waals surface area contributed by atoms with Crippen molar-refractivity contribution in [3.8, 4) is 28.1 Å². The number of methoxy groups -OCH3 is 2. The third-order valence-electron chi connectivity index (χ3n) is 6.26. The number of halogens is 3. The molecule has 0 aliphatic carbocycles. The van der Waals surface area contributed by atoms with Gasteiger partial charge in [0.05, 0.1) is 31.5 Å². The number of imidazole rings is 1. The molecule has 4 aromatic heterocycles. The third-order valence-corrected chi connectivity index (χ3v) is 8.23. The molecule has 12 nitrogen and oxygen atoms in total. The van der Waals surface area contributed by atoms with Crippen molar-refractivity contribution in [3.05, 3.63) is 40.5 Å². The number of rotatable bonds is 7. The van der Waals surface area contributed by atoms with Crippen LogP contribution in [0.5, 0.6) is 16.7 Å². The highest BCUT2D eigenvalue weighted by Gasteiger charge is 2.38. The SMILES string of the molecule is COc1cc(OCc2csc(C3(O)CCNCC3)n2)c2cc(-c3cn4nc(OC)sc4n3)oc2c1.O=C(O)C(F)(F)F. The first-order chi connectivity index (χ1) is 20.0. The summed E-state index contributed by atoms with van der Waals surface area (Å²) in [6.45, 7) is 1.83. The maximum absolute atomic E-state index is 10.9. The van der Waals surface area contributed by atoms with E-state index in [2.05, 4.69) is 20.4 Å². The van der Waals surface area contributed by atoms with E-state index < -0.39 is 17.7 Å². The van der Waals surface area contributed by atoms with Gasteiger partial charge in [-0.15, -0.1) is 16.4 Å². The fourth-order valence-corrected chi connectivity index (χ4v) is 5.78. The molecule has 1 aliphatic rings. The molecule has 0 unspecified atom stereocenters. The summed E-state index contributed by atoms with van der Waals surface area (Å²) in [4.78, 5) is 18.9. The summed E-state index contributed by atoms with van der Waals surface area (Å²) in [5.74, 6) is -0.926. The van der Waals surface area contributed by atoms with Crippen molar-refractivity contribution in [2.75, 3.05) is 27.3 Å². The molecule has 0 atom stereocenters. The van der Waals surface area contributed by atoms with Gasteiger partial charge in [0.1, 0.15) is 40.0 Å². The summed E-state index contributed by atoms with van der Waals surface area (Å²) in [5, 5.41) is 29.7. The number of fused-ring (bicyclic) bond motifs is 2. The maximum atomic E-state index is 10.9. The van der Waals surface area contributed by atoms with Gasteiger partial charge >= 0.3 is 12.1 Å². The van der Waals surface area contributed by atoms with Gasteiger partial charge in [-0.25, -0.2) is 19.3 Å². The van der Waals surface area contributed by atoms with Crippen molar-refractivity contribution in [2.24, 2.45) is 0 Å². The summed E-state index contributed by atoms with van der Waals surface area (Å²) in [6.07, 6.45) is -1.97. The lowest BCUT2D eigenvalue weighted by Gasteiger charge is -2.30. The minimum absolute atomic E-state index is 0.261. The van der Waals surface area contributed by atoms with Crippen LogP contribution in [0.25, 0.3) is 27.4 Å². The first kappa shape index (κ1) is 29.6. The molecule has 0 spiro atoms. The van der Waals surface area contributed by atoms with Gasteiger partial charge in [0.2, 0.25) is 4.96 Å². The van der Waals surface area contributed by atoms with Crippen LogP contribution in [0, 0.1) is 0 Å². The molecule has 1 saturated heterocycles. The van der Waals surface area contributed by atoms with Crippen molar-refractivity contribution in [1.82, 2.24) is 24.9 Å². The van der Waals surface area contributed by atoms with Crippen LogP contribution >= 0.6 is 22.7 Å². The molecule has 0 radical (unpaired) electrons. The number of alkyl halides is 3. The number of aliphatic hydroxyl groups is 1. The number of carboxylic acid groups (broad SMARTS) is 1. The smallest absolute Gasteiger partial charge is 0.490 e. The molecule has 1 fully saturated rings. The quantitative estimate of drug-likeness (QED) is 0.234. The number of hydrogen-bond acceptors (Lipinski definition) is 12. The van der Waals surface area contributed by atoms with E-state index in [1.165, 1.54) is 22.7 Å². The van der Waals surface area contributed by atoms with Crippen molar-refractivity contribution in [1.29, 1.82) is 0 Å². The van der Waals surface area contributed by atoms with Gasteiger partial charge in [-0.1, -0.05) is 0 Å². The Morgan fingerprint density at radius 1 is 1.19 bits per heavy atom. The molecule has 0 saturated carbocycles. The molecular weight excluding hydrogens is 603 g/mol. The Bertz CT molecular complexity index is 1670. The summed E-state index contributed by atoms with van der Waals surface area (Å²) in [6, 6.07) is 5.55. The summed E-state index contributed by atoms with van der Waals surface area (Å²) in [7, 11) is 3.18. The molecule has 42 heavy (non-hydrogen) atoms. The van der Waals surface area contributed by atoms with Crippen molar-refractivity contribution in [2.45, 2.75) is 31.2 Å². The van der Waals surface area contributed by atoms with Crippen LogP contribution in [-0.4, -0.2) is 69.2 Å². The fraction of sp³-hybridized carbons (Fsp3) is 0.360. The number of ether oxygens (including phenoxy) is 3. The van der Waals surface area contributed by atoms with E-state index in [9.17, 15) is 18.3 Å². The third kappa shape index (κ3) is 6.28.